The molecule has 1 heterocycles. The van der Waals surface area contributed by atoms with Crippen molar-refractivity contribution < 1.29 is 48.4 Å². The van der Waals surface area contributed by atoms with Gasteiger partial charge in [-0.05, 0) is 130 Å². The number of rotatable bonds is 8. The molecule has 2 N–H and O–H groups in total. The first-order valence-electron chi connectivity index (χ1n) is 17.7. The summed E-state index contributed by atoms with van der Waals surface area (Å²) < 4.78 is 16.7. The molecule has 6 bridgehead atoms. The Labute approximate surface area is 359 Å². The quantitative estimate of drug-likeness (QED) is 0.137. The number of aliphatic carboxylic acids is 1. The van der Waals surface area contributed by atoms with E-state index in [0.717, 1.165) is 25.7 Å². The molecule has 7 rings (SSSR count). The number of carbonyl (C=O) groups is 5. The lowest BCUT2D eigenvalue weighted by atomic mass is 9.54. The number of fused-ring (bicyclic) bond motifs is 6. The van der Waals surface area contributed by atoms with E-state index < -0.39 is 59.1 Å². The van der Waals surface area contributed by atoms with Crippen molar-refractivity contribution in [2.45, 2.75) is 168 Å². The zero-order valence-corrected chi connectivity index (χ0v) is 27.6. The molecule has 10 nitrogen and oxygen atoms in total. The summed E-state index contributed by atoms with van der Waals surface area (Å²) in [5.41, 5.74) is -0.662. The van der Waals surface area contributed by atoms with E-state index in [1.165, 1.54) is 0 Å². The number of hydrogen-bond donors (Lipinski definition) is 2. The van der Waals surface area contributed by atoms with Gasteiger partial charge in [-0.1, -0.05) is 103 Å². The van der Waals surface area contributed by atoms with Gasteiger partial charge in [0.25, 0.3) is 0 Å². The molecule has 0 aromatic rings. The molecule has 7 fully saturated rings. The molecule has 1 aliphatic heterocycles. The molecule has 6 aliphatic carbocycles. The van der Waals surface area contributed by atoms with Crippen molar-refractivity contribution in [3.8, 4) is 0 Å². The first-order chi connectivity index (χ1) is 21.7. The van der Waals surface area contributed by atoms with Gasteiger partial charge in [-0.3, -0.25) is 24.0 Å². The Morgan fingerprint density at radius 3 is 1.64 bits per heavy atom. The molecular formula is C48H98O10. The van der Waals surface area contributed by atoms with Gasteiger partial charge in [0.05, 0.1) is 36.2 Å². The Bertz CT molecular complexity index is 1300. The highest BCUT2D eigenvalue weighted by Gasteiger charge is 2.71. The minimum Gasteiger partial charge on any atom is -0.481 e. The lowest BCUT2D eigenvalue weighted by Crippen LogP contribution is -2.51. The fourth-order valence-corrected chi connectivity index (χ4v) is 13.0. The van der Waals surface area contributed by atoms with Crippen LogP contribution < -0.4 is 0 Å². The van der Waals surface area contributed by atoms with Gasteiger partial charge < -0.3 is 24.4 Å². The minimum absolute atomic E-state index is 0. The van der Waals surface area contributed by atoms with E-state index in [9.17, 15) is 34.2 Å². The van der Waals surface area contributed by atoms with E-state index in [0.29, 0.717) is 30.6 Å². The third-order valence-corrected chi connectivity index (χ3v) is 14.2. The van der Waals surface area contributed by atoms with Crippen molar-refractivity contribution in [2.24, 2.45) is 101 Å². The number of carboxylic acids is 1. The van der Waals surface area contributed by atoms with Gasteiger partial charge >= 0.3 is 29.8 Å². The third-order valence-electron chi connectivity index (χ3n) is 14.2. The summed E-state index contributed by atoms with van der Waals surface area (Å²) in [4.78, 5) is 67.2. The lowest BCUT2D eigenvalue weighted by molar-refractivity contribution is -0.169. The van der Waals surface area contributed by atoms with E-state index in [4.69, 9.17) is 14.2 Å². The third kappa shape index (κ3) is 10.3. The topological polar surface area (TPSA) is 154 Å². The highest BCUT2D eigenvalue weighted by Crippen LogP contribution is 2.70. The van der Waals surface area contributed by atoms with Crippen LogP contribution in [0.25, 0.3) is 0 Å². The van der Waals surface area contributed by atoms with Crippen LogP contribution in [0.2, 0.25) is 0 Å². The van der Waals surface area contributed by atoms with Crippen LogP contribution in [0, 0.1) is 101 Å². The summed E-state index contributed by atoms with van der Waals surface area (Å²) in [6.07, 6.45) is 5.22. The molecule has 7 aliphatic rings. The van der Waals surface area contributed by atoms with Crippen molar-refractivity contribution in [3.05, 3.63) is 0 Å². The largest absolute Gasteiger partial charge is 0.481 e. The predicted molar refractivity (Wildman–Crippen MR) is 242 cm³/mol. The van der Waals surface area contributed by atoms with Crippen LogP contribution in [0.1, 0.15) is 162 Å². The average Bonchev–Trinajstić information content (AvgIpc) is 3.82. The molecule has 0 spiro atoms. The molecule has 17 atom stereocenters. The second-order valence-corrected chi connectivity index (χ2v) is 17.0. The van der Waals surface area contributed by atoms with Crippen LogP contribution in [0.5, 0.6) is 0 Å². The van der Waals surface area contributed by atoms with Crippen molar-refractivity contribution in [1.29, 1.82) is 0 Å². The number of aliphatic hydroxyl groups is 1. The Kier molecular flexibility index (Phi) is 27.9. The second-order valence-electron chi connectivity index (χ2n) is 17.0. The second kappa shape index (κ2) is 24.1. The summed E-state index contributed by atoms with van der Waals surface area (Å²) in [5, 5.41) is 19.7. The zero-order valence-electron chi connectivity index (χ0n) is 27.6. The average molecular weight is 835 g/mol. The maximum absolute atomic E-state index is 13.9. The van der Waals surface area contributed by atoms with Crippen LogP contribution in [0.4, 0.5) is 0 Å². The number of carboxylic acid groups (broad SMARTS) is 1. The fourth-order valence-electron chi connectivity index (χ4n) is 13.0. The molecule has 10 heteroatoms. The fraction of sp³-hybridized carbons (Fsp3) is 0.896. The van der Waals surface area contributed by atoms with E-state index in [1.807, 2.05) is 20.8 Å². The molecule has 1 saturated heterocycles. The molecule has 58 heavy (non-hydrogen) atoms. The monoisotopic (exact) mass is 835 g/mol. The van der Waals surface area contributed by atoms with E-state index >= 15 is 0 Å². The van der Waals surface area contributed by atoms with Gasteiger partial charge in [-0.2, -0.15) is 0 Å². The molecule has 0 aromatic heterocycles. The SMILES string of the molecule is C.C.C.C.C.C.C.C.C.C.C.C.CC1C2CCC(C2)C1C1C(=O)OC(=O)C1C1C2CC(CC2C(=O)OC(C)(C)C)C1C1C(C)C2CC1C(C(=O)O)C2C(=O)OCCO. The number of aliphatic hydroxyl groups excluding tert-OH is 1. The Balaban J connectivity index is -0.000000563. The van der Waals surface area contributed by atoms with E-state index in [1.54, 1.807) is 0 Å². The number of carbonyl (C=O) groups excluding carboxylic acids is 4. The van der Waals surface area contributed by atoms with Crippen LogP contribution in [0.15, 0.2) is 0 Å². The molecule has 0 aromatic carbocycles. The Morgan fingerprint density at radius 1 is 0.621 bits per heavy atom. The molecule has 350 valence electrons. The van der Waals surface area contributed by atoms with Gasteiger partial charge in [0, 0.05) is 0 Å². The van der Waals surface area contributed by atoms with Crippen molar-refractivity contribution >= 4 is 29.8 Å². The van der Waals surface area contributed by atoms with E-state index in [-0.39, 0.29) is 162 Å². The van der Waals surface area contributed by atoms with Crippen molar-refractivity contribution in [2.75, 3.05) is 13.2 Å². The van der Waals surface area contributed by atoms with Gasteiger partial charge in [-0.15, -0.1) is 0 Å². The molecule has 0 radical (unpaired) electrons. The van der Waals surface area contributed by atoms with Crippen molar-refractivity contribution in [3.63, 3.8) is 0 Å². The molecule has 17 unspecified atom stereocenters. The summed E-state index contributed by atoms with van der Waals surface area (Å²) in [6, 6.07) is 0. The Morgan fingerprint density at radius 2 is 1.16 bits per heavy atom. The van der Waals surface area contributed by atoms with Gasteiger partial charge in [0.2, 0.25) is 0 Å². The number of esters is 4. The maximum Gasteiger partial charge on any atom is 0.317 e. The standard InChI is InChI=1S/C36H50O10.12CH4/c1-14-16-6-7-17(10-16)23(14)29-30(35(43)45-34(29)42)26-20-11-18(12-21(20)32(40)46-36(3,4)5)25(26)24-15(2)19-13-22(24)27(31(38)39)28(19)33(41)44-9-8-37;;;;;;;;;;;;/h14-30,37H,6-13H2,1-5H3,(H,38,39);12*1H4. The Hall–Kier alpha value is -2.49. The summed E-state index contributed by atoms with van der Waals surface area (Å²) in [6.45, 7) is 9.37. The van der Waals surface area contributed by atoms with Gasteiger partial charge in [0.15, 0.2) is 0 Å². The highest BCUT2D eigenvalue weighted by molar-refractivity contribution is 5.97. The minimum atomic E-state index is -1.02. The smallest absolute Gasteiger partial charge is 0.317 e. The highest BCUT2D eigenvalue weighted by atomic mass is 16.6. The summed E-state index contributed by atoms with van der Waals surface area (Å²) in [7, 11) is 0. The van der Waals surface area contributed by atoms with Gasteiger partial charge in [-0.25, -0.2) is 0 Å². The maximum atomic E-state index is 13.9. The molecule has 6 saturated carbocycles. The van der Waals surface area contributed by atoms with Gasteiger partial charge in [0.1, 0.15) is 12.2 Å². The number of hydrogen-bond acceptors (Lipinski definition) is 9. The zero-order chi connectivity index (χ0) is 33.0. The van der Waals surface area contributed by atoms with E-state index in [2.05, 4.69) is 13.8 Å². The van der Waals surface area contributed by atoms with Crippen LogP contribution in [-0.4, -0.2) is 58.9 Å². The van der Waals surface area contributed by atoms with Crippen LogP contribution in [-0.2, 0) is 38.2 Å². The molecule has 0 amide bonds. The lowest BCUT2D eigenvalue weighted by Gasteiger charge is -2.48. The summed E-state index contributed by atoms with van der Waals surface area (Å²) >= 11 is 0. The first-order valence-corrected chi connectivity index (χ1v) is 17.7. The predicted octanol–water partition coefficient (Wildman–Crippen LogP) is 11.6. The summed E-state index contributed by atoms with van der Waals surface area (Å²) in [5.74, 6) is -5.76. The van der Waals surface area contributed by atoms with Crippen molar-refractivity contribution in [1.82, 2.24) is 0 Å². The number of cyclic esters (lactones) is 2. The van der Waals surface area contributed by atoms with Crippen LogP contribution in [0.3, 0.4) is 0 Å². The van der Waals surface area contributed by atoms with Crippen LogP contribution >= 0.6 is 0 Å². The molecular weight excluding hydrogens is 737 g/mol. The normalized spacial score (nSPS) is 38.6. The first kappa shape index (κ1) is 67.3. The number of ether oxygens (including phenoxy) is 3.